The van der Waals surface area contributed by atoms with Crippen LogP contribution in [0.15, 0.2) is 23.4 Å². The quantitative estimate of drug-likeness (QED) is 0.723. The molecule has 2 N–H and O–H groups in total. The minimum absolute atomic E-state index is 0.143. The highest BCUT2D eigenvalue weighted by Gasteiger charge is 2.33. The molecule has 1 aromatic heterocycles. The average molecular weight is 205 g/mol. The highest BCUT2D eigenvalue weighted by atomic mass is 16.2. The lowest BCUT2D eigenvalue weighted by atomic mass is 10.1. The summed E-state index contributed by atoms with van der Waals surface area (Å²) >= 11 is 0. The summed E-state index contributed by atoms with van der Waals surface area (Å²) in [5.41, 5.74) is 6.21. The van der Waals surface area contributed by atoms with Crippen molar-refractivity contribution in [2.75, 3.05) is 11.6 Å². The van der Waals surface area contributed by atoms with Gasteiger partial charge in [-0.3, -0.25) is 4.79 Å². The number of hydrazone groups is 1. The van der Waals surface area contributed by atoms with Gasteiger partial charge in [-0.05, 0) is 19.1 Å². The van der Waals surface area contributed by atoms with Gasteiger partial charge in [0.15, 0.2) is 5.82 Å². The molecule has 2 rings (SSSR count). The van der Waals surface area contributed by atoms with E-state index in [1.165, 1.54) is 5.01 Å². The molecule has 6 heteroatoms. The van der Waals surface area contributed by atoms with Crippen LogP contribution in [0.2, 0.25) is 0 Å². The molecule has 0 bridgehead atoms. The van der Waals surface area contributed by atoms with Crippen molar-refractivity contribution in [1.29, 1.82) is 0 Å². The Balaban J connectivity index is 2.31. The summed E-state index contributed by atoms with van der Waals surface area (Å²) in [7, 11) is 0. The van der Waals surface area contributed by atoms with Gasteiger partial charge < -0.3 is 5.73 Å². The third-order valence-electron chi connectivity index (χ3n) is 2.28. The predicted molar refractivity (Wildman–Crippen MR) is 55.2 cm³/mol. The monoisotopic (exact) mass is 205 g/mol. The van der Waals surface area contributed by atoms with E-state index in [0.717, 1.165) is 0 Å². The maximum atomic E-state index is 11.8. The van der Waals surface area contributed by atoms with Gasteiger partial charge in [-0.1, -0.05) is 0 Å². The van der Waals surface area contributed by atoms with Crippen LogP contribution in [-0.2, 0) is 4.79 Å². The molecule has 1 atom stereocenters. The Bertz CT molecular complexity index is 402. The van der Waals surface area contributed by atoms with Gasteiger partial charge in [0.05, 0.1) is 5.92 Å². The molecule has 1 amide bonds. The maximum absolute atomic E-state index is 11.8. The van der Waals surface area contributed by atoms with E-state index in [1.807, 2.05) is 0 Å². The Morgan fingerprint density at radius 3 is 2.93 bits per heavy atom. The third-order valence-corrected chi connectivity index (χ3v) is 2.28. The van der Waals surface area contributed by atoms with E-state index in [0.29, 0.717) is 11.5 Å². The number of amides is 1. The molecule has 1 aromatic rings. The number of nitrogens with zero attached hydrogens (tertiary/aromatic N) is 4. The third kappa shape index (κ3) is 1.59. The second-order valence-corrected chi connectivity index (χ2v) is 3.26. The first-order valence-electron chi connectivity index (χ1n) is 4.61. The van der Waals surface area contributed by atoms with Crippen molar-refractivity contribution >= 4 is 17.4 Å². The molecule has 0 fully saturated rings. The molecular weight excluding hydrogens is 194 g/mol. The number of hydrogen-bond donors (Lipinski definition) is 1. The van der Waals surface area contributed by atoms with Crippen LogP contribution in [0.1, 0.15) is 6.92 Å². The average Bonchev–Trinajstić information content (AvgIpc) is 2.55. The lowest BCUT2D eigenvalue weighted by molar-refractivity contribution is -0.119. The number of aromatic nitrogens is 2. The molecule has 0 spiro atoms. The van der Waals surface area contributed by atoms with Gasteiger partial charge in [0.2, 0.25) is 0 Å². The first-order valence-corrected chi connectivity index (χ1v) is 4.61. The number of rotatable bonds is 2. The van der Waals surface area contributed by atoms with Gasteiger partial charge in [-0.25, -0.2) is 0 Å². The molecular formula is C9H11N5O. The van der Waals surface area contributed by atoms with Crippen molar-refractivity contribution in [2.24, 2.45) is 16.8 Å². The summed E-state index contributed by atoms with van der Waals surface area (Å²) in [6.45, 7) is 2.05. The van der Waals surface area contributed by atoms with Crippen molar-refractivity contribution in [3.63, 3.8) is 0 Å². The van der Waals surface area contributed by atoms with Crippen LogP contribution in [-0.4, -0.2) is 28.4 Å². The minimum atomic E-state index is -0.327. The molecule has 15 heavy (non-hydrogen) atoms. The van der Waals surface area contributed by atoms with Crippen LogP contribution in [0.4, 0.5) is 5.82 Å². The largest absolute Gasteiger partial charge is 0.329 e. The van der Waals surface area contributed by atoms with Gasteiger partial charge in [-0.15, -0.1) is 5.10 Å². The van der Waals surface area contributed by atoms with Gasteiger partial charge in [-0.2, -0.15) is 15.2 Å². The van der Waals surface area contributed by atoms with E-state index in [4.69, 9.17) is 5.73 Å². The summed E-state index contributed by atoms with van der Waals surface area (Å²) in [5, 5.41) is 12.9. The molecule has 0 radical (unpaired) electrons. The minimum Gasteiger partial charge on any atom is -0.329 e. The van der Waals surface area contributed by atoms with E-state index in [-0.39, 0.29) is 18.4 Å². The number of carbonyl (C=O) groups is 1. The smallest absolute Gasteiger partial charge is 0.259 e. The second kappa shape index (κ2) is 3.74. The van der Waals surface area contributed by atoms with Crippen LogP contribution in [0, 0.1) is 5.92 Å². The fourth-order valence-electron chi connectivity index (χ4n) is 1.44. The SMILES string of the molecule is CC1=NN(c2cccnn2)C(=O)C1CN. The maximum Gasteiger partial charge on any atom is 0.259 e. The van der Waals surface area contributed by atoms with E-state index < -0.39 is 0 Å². The molecule has 1 unspecified atom stereocenters. The number of hydrogen-bond acceptors (Lipinski definition) is 5. The normalized spacial score (nSPS) is 20.7. The molecule has 78 valence electrons. The summed E-state index contributed by atoms with van der Waals surface area (Å²) in [5.74, 6) is -0.0414. The zero-order valence-corrected chi connectivity index (χ0v) is 8.29. The molecule has 0 aliphatic carbocycles. The van der Waals surface area contributed by atoms with Gasteiger partial charge in [0.25, 0.3) is 5.91 Å². The van der Waals surface area contributed by atoms with Crippen molar-refractivity contribution in [3.05, 3.63) is 18.3 Å². The van der Waals surface area contributed by atoms with Crippen molar-refractivity contribution in [1.82, 2.24) is 10.2 Å². The summed E-state index contributed by atoms with van der Waals surface area (Å²) in [6, 6.07) is 3.39. The van der Waals surface area contributed by atoms with E-state index in [9.17, 15) is 4.79 Å². The fourth-order valence-corrected chi connectivity index (χ4v) is 1.44. The van der Waals surface area contributed by atoms with Crippen LogP contribution >= 0.6 is 0 Å². The topological polar surface area (TPSA) is 84.5 Å². The zero-order valence-electron chi connectivity index (χ0n) is 8.29. The van der Waals surface area contributed by atoms with E-state index >= 15 is 0 Å². The Hall–Kier alpha value is -1.82. The van der Waals surface area contributed by atoms with Crippen molar-refractivity contribution in [2.45, 2.75) is 6.92 Å². The Morgan fingerprint density at radius 1 is 1.60 bits per heavy atom. The van der Waals surface area contributed by atoms with Gasteiger partial charge in [0.1, 0.15) is 0 Å². The van der Waals surface area contributed by atoms with Crippen LogP contribution < -0.4 is 10.7 Å². The highest BCUT2D eigenvalue weighted by Crippen LogP contribution is 2.20. The molecule has 1 aliphatic heterocycles. The first kappa shape index (κ1) is 9.72. The number of anilines is 1. The Kier molecular flexibility index (Phi) is 2.42. The molecule has 1 aliphatic rings. The lowest BCUT2D eigenvalue weighted by Crippen LogP contribution is -2.32. The molecule has 2 heterocycles. The van der Waals surface area contributed by atoms with Gasteiger partial charge >= 0.3 is 0 Å². The Morgan fingerprint density at radius 2 is 2.40 bits per heavy atom. The van der Waals surface area contributed by atoms with E-state index in [1.54, 1.807) is 25.3 Å². The summed E-state index contributed by atoms with van der Waals surface area (Å²) < 4.78 is 0. The van der Waals surface area contributed by atoms with Gasteiger partial charge in [0, 0.05) is 18.5 Å². The fraction of sp³-hybridized carbons (Fsp3) is 0.333. The number of carbonyl (C=O) groups excluding carboxylic acids is 1. The first-order chi connectivity index (χ1) is 7.24. The Labute approximate surface area is 86.8 Å². The molecule has 0 saturated heterocycles. The standard InChI is InChI=1S/C9H11N5O/c1-6-7(5-10)9(15)14(13-6)8-3-2-4-11-12-8/h2-4,7H,5,10H2,1H3. The predicted octanol–water partition coefficient (Wildman–Crippen LogP) is -0.226. The van der Waals surface area contributed by atoms with Crippen molar-refractivity contribution < 1.29 is 4.79 Å². The number of nitrogens with two attached hydrogens (primary N) is 1. The molecule has 0 aromatic carbocycles. The van der Waals surface area contributed by atoms with Crippen LogP contribution in [0.25, 0.3) is 0 Å². The highest BCUT2D eigenvalue weighted by molar-refractivity contribution is 6.14. The van der Waals surface area contributed by atoms with Crippen molar-refractivity contribution in [3.8, 4) is 0 Å². The van der Waals surface area contributed by atoms with Crippen LogP contribution in [0.5, 0.6) is 0 Å². The zero-order chi connectivity index (χ0) is 10.8. The van der Waals surface area contributed by atoms with E-state index in [2.05, 4.69) is 15.3 Å². The lowest BCUT2D eigenvalue weighted by Gasteiger charge is -2.10. The molecule has 6 nitrogen and oxygen atoms in total. The second-order valence-electron chi connectivity index (χ2n) is 3.26. The van der Waals surface area contributed by atoms with Crippen LogP contribution in [0.3, 0.4) is 0 Å². The summed E-state index contributed by atoms with van der Waals surface area (Å²) in [6.07, 6.45) is 1.54. The summed E-state index contributed by atoms with van der Waals surface area (Å²) in [4.78, 5) is 11.8. The molecule has 0 saturated carbocycles.